The zero-order valence-corrected chi connectivity index (χ0v) is 13.3. The Morgan fingerprint density at radius 2 is 1.77 bits per heavy atom. The quantitative estimate of drug-likeness (QED) is 0.645. The molecule has 1 aliphatic heterocycles. The molecule has 0 aliphatic carbocycles. The molecule has 0 N–H and O–H groups in total. The summed E-state index contributed by atoms with van der Waals surface area (Å²) < 4.78 is 3.14. The van der Waals surface area contributed by atoms with E-state index in [2.05, 4.69) is 16.3 Å². The van der Waals surface area contributed by atoms with E-state index >= 15 is 0 Å². The van der Waals surface area contributed by atoms with Gasteiger partial charge in [0, 0.05) is 17.5 Å². The third kappa shape index (κ3) is 2.12. The molecule has 1 aliphatic rings. The van der Waals surface area contributed by atoms with Crippen molar-refractivity contribution < 1.29 is 4.79 Å². The lowest BCUT2D eigenvalue weighted by Crippen LogP contribution is -2.11. The van der Waals surface area contributed by atoms with Gasteiger partial charge in [0.2, 0.25) is 9.92 Å². The van der Waals surface area contributed by atoms with Crippen LogP contribution in [0.3, 0.4) is 0 Å². The van der Waals surface area contributed by atoms with Gasteiger partial charge in [-0.3, -0.25) is 4.79 Å². The normalized spacial score (nSPS) is 16.7. The van der Waals surface area contributed by atoms with Crippen LogP contribution >= 0.6 is 23.1 Å². The van der Waals surface area contributed by atoms with E-state index in [1.807, 2.05) is 54.1 Å². The summed E-state index contributed by atoms with van der Waals surface area (Å²) in [5.74, 6) is 0. The Morgan fingerprint density at radius 3 is 2.64 bits per heavy atom. The van der Waals surface area contributed by atoms with Crippen molar-refractivity contribution in [3.05, 3.63) is 58.9 Å². The molecule has 0 amide bonds. The number of thiazole rings is 1. The van der Waals surface area contributed by atoms with Crippen molar-refractivity contribution in [2.45, 2.75) is 4.90 Å². The Hall–Kier alpha value is -2.18. The first-order valence-electron chi connectivity index (χ1n) is 6.72. The van der Waals surface area contributed by atoms with Gasteiger partial charge < -0.3 is 4.57 Å². The average molecular weight is 325 g/mol. The number of nitrogens with zero attached hydrogens (tertiary/aromatic N) is 3. The van der Waals surface area contributed by atoms with Crippen molar-refractivity contribution in [3.63, 3.8) is 0 Å². The lowest BCUT2D eigenvalue weighted by Gasteiger charge is -1.94. The maximum absolute atomic E-state index is 12.1. The van der Waals surface area contributed by atoms with Gasteiger partial charge in [-0.05, 0) is 30.0 Å². The van der Waals surface area contributed by atoms with Gasteiger partial charge >= 0.3 is 0 Å². The van der Waals surface area contributed by atoms with Gasteiger partial charge in [-0.2, -0.15) is 0 Å². The molecule has 0 saturated carbocycles. The first-order valence-corrected chi connectivity index (χ1v) is 8.35. The number of hydrogen-bond acceptors (Lipinski definition) is 5. The number of benzene rings is 2. The number of rotatable bonds is 1. The highest BCUT2D eigenvalue weighted by molar-refractivity contribution is 8.16. The Kier molecular flexibility index (Phi) is 3.20. The van der Waals surface area contributed by atoms with Crippen LogP contribution in [-0.4, -0.2) is 15.4 Å². The summed E-state index contributed by atoms with van der Waals surface area (Å²) in [5.41, 5.74) is 2.40. The number of carbonyl (C=O) groups is 1. The van der Waals surface area contributed by atoms with Crippen LogP contribution < -0.4 is 4.80 Å². The van der Waals surface area contributed by atoms with E-state index in [4.69, 9.17) is 0 Å². The molecule has 3 aromatic rings. The largest absolute Gasteiger partial charge is 0.318 e. The van der Waals surface area contributed by atoms with E-state index < -0.39 is 0 Å². The van der Waals surface area contributed by atoms with E-state index in [1.165, 1.54) is 11.8 Å². The zero-order chi connectivity index (χ0) is 15.1. The second-order valence-electron chi connectivity index (χ2n) is 4.85. The van der Waals surface area contributed by atoms with Crippen molar-refractivity contribution >= 4 is 44.1 Å². The van der Waals surface area contributed by atoms with Crippen molar-refractivity contribution in [2.75, 3.05) is 0 Å². The fraction of sp³-hybridized carbons (Fsp3) is 0.0625. The van der Waals surface area contributed by atoms with Crippen molar-refractivity contribution in [1.29, 1.82) is 0 Å². The Morgan fingerprint density at radius 1 is 1.00 bits per heavy atom. The summed E-state index contributed by atoms with van der Waals surface area (Å²) in [6, 6.07) is 15.8. The van der Waals surface area contributed by atoms with Crippen LogP contribution in [0, 0.1) is 0 Å². The molecule has 2 aromatic carbocycles. The SMILES string of the molecule is Cn1/c(=N/N=C2/C(=O)Sc3ccccc32)sc2ccccc21. The summed E-state index contributed by atoms with van der Waals surface area (Å²) >= 11 is 2.77. The first-order chi connectivity index (χ1) is 10.7. The standard InChI is InChI=1S/C16H11N3OS2/c1-19-11-7-3-5-9-13(11)22-16(19)18-17-14-10-6-2-4-8-12(10)21-15(14)20/h2-9H,1H3/b17-14+,18-16-. The van der Waals surface area contributed by atoms with Crippen molar-refractivity contribution in [3.8, 4) is 0 Å². The van der Waals surface area contributed by atoms with Crippen LogP contribution in [-0.2, 0) is 11.8 Å². The number of hydrogen-bond donors (Lipinski definition) is 0. The predicted octanol–water partition coefficient (Wildman–Crippen LogP) is 3.18. The van der Waals surface area contributed by atoms with Gasteiger partial charge in [-0.1, -0.05) is 41.7 Å². The molecule has 0 fully saturated rings. The van der Waals surface area contributed by atoms with Gasteiger partial charge in [-0.25, -0.2) is 0 Å². The third-order valence-electron chi connectivity index (χ3n) is 3.49. The highest BCUT2D eigenvalue weighted by Crippen LogP contribution is 2.32. The van der Waals surface area contributed by atoms with Crippen LogP contribution in [0.1, 0.15) is 5.56 Å². The third-order valence-corrected chi connectivity index (χ3v) is 5.55. The topological polar surface area (TPSA) is 46.7 Å². The summed E-state index contributed by atoms with van der Waals surface area (Å²) in [4.78, 5) is 13.8. The number of carbonyl (C=O) groups excluding carboxylic acids is 1. The van der Waals surface area contributed by atoms with Gasteiger partial charge in [-0.15, -0.1) is 10.2 Å². The number of thioether (sulfide) groups is 1. The molecule has 0 saturated heterocycles. The zero-order valence-electron chi connectivity index (χ0n) is 11.7. The van der Waals surface area contributed by atoms with Crippen LogP contribution in [0.5, 0.6) is 0 Å². The Balaban J connectivity index is 1.86. The molecule has 4 nitrogen and oxygen atoms in total. The van der Waals surface area contributed by atoms with E-state index in [9.17, 15) is 4.79 Å². The Bertz CT molecular complexity index is 998. The molecular formula is C16H11N3OS2. The second-order valence-corrected chi connectivity index (χ2v) is 6.87. The van der Waals surface area contributed by atoms with Crippen molar-refractivity contribution in [1.82, 2.24) is 4.57 Å². The molecule has 0 unspecified atom stereocenters. The van der Waals surface area contributed by atoms with Crippen LogP contribution in [0.25, 0.3) is 10.2 Å². The summed E-state index contributed by atoms with van der Waals surface area (Å²) in [5, 5.41) is 8.49. The molecule has 0 spiro atoms. The lowest BCUT2D eigenvalue weighted by molar-refractivity contribution is -0.105. The van der Waals surface area contributed by atoms with E-state index in [0.29, 0.717) is 5.71 Å². The van der Waals surface area contributed by atoms with Gasteiger partial charge in [0.1, 0.15) is 5.71 Å². The fourth-order valence-electron chi connectivity index (χ4n) is 2.37. The monoisotopic (exact) mass is 325 g/mol. The highest BCUT2D eigenvalue weighted by atomic mass is 32.2. The van der Waals surface area contributed by atoms with Crippen LogP contribution in [0.2, 0.25) is 0 Å². The van der Waals surface area contributed by atoms with E-state index in [-0.39, 0.29) is 5.12 Å². The molecule has 108 valence electrons. The van der Waals surface area contributed by atoms with E-state index in [0.717, 1.165) is 25.5 Å². The summed E-state index contributed by atoms with van der Waals surface area (Å²) in [6.45, 7) is 0. The lowest BCUT2D eigenvalue weighted by atomic mass is 10.1. The number of aryl methyl sites for hydroxylation is 1. The minimum atomic E-state index is -0.0475. The maximum Gasteiger partial charge on any atom is 0.245 e. The molecule has 1 aromatic heterocycles. The highest BCUT2D eigenvalue weighted by Gasteiger charge is 2.27. The van der Waals surface area contributed by atoms with Crippen LogP contribution in [0.4, 0.5) is 0 Å². The minimum Gasteiger partial charge on any atom is -0.318 e. The van der Waals surface area contributed by atoms with Gasteiger partial charge in [0.05, 0.1) is 10.2 Å². The summed E-state index contributed by atoms with van der Waals surface area (Å²) in [6.07, 6.45) is 0. The molecule has 4 rings (SSSR count). The molecule has 0 atom stereocenters. The minimum absolute atomic E-state index is 0.0475. The molecule has 22 heavy (non-hydrogen) atoms. The Labute approximate surface area is 134 Å². The van der Waals surface area contributed by atoms with E-state index in [1.54, 1.807) is 11.3 Å². The first kappa shape index (κ1) is 13.5. The molecular weight excluding hydrogens is 314 g/mol. The smallest absolute Gasteiger partial charge is 0.245 e. The number of para-hydroxylation sites is 1. The second kappa shape index (κ2) is 5.23. The molecule has 0 radical (unpaired) electrons. The molecule has 2 heterocycles. The van der Waals surface area contributed by atoms with Crippen molar-refractivity contribution in [2.24, 2.45) is 17.3 Å². The average Bonchev–Trinajstić information content (AvgIpc) is 3.03. The van der Waals surface area contributed by atoms with Gasteiger partial charge in [0.25, 0.3) is 0 Å². The fourth-order valence-corrected chi connectivity index (χ4v) is 4.21. The number of aromatic nitrogens is 1. The predicted molar refractivity (Wildman–Crippen MR) is 90.2 cm³/mol. The summed E-state index contributed by atoms with van der Waals surface area (Å²) in [7, 11) is 1.96. The number of fused-ring (bicyclic) bond motifs is 2. The molecule has 0 bridgehead atoms. The molecule has 6 heteroatoms. The van der Waals surface area contributed by atoms with Crippen LogP contribution in [0.15, 0.2) is 63.6 Å². The maximum atomic E-state index is 12.1. The van der Waals surface area contributed by atoms with Gasteiger partial charge in [0.15, 0.2) is 0 Å².